The Hall–Kier alpha value is -3.07. The van der Waals surface area contributed by atoms with Crippen molar-refractivity contribution in [1.29, 1.82) is 0 Å². The summed E-state index contributed by atoms with van der Waals surface area (Å²) in [6, 6.07) is 12.3. The van der Waals surface area contributed by atoms with Crippen LogP contribution in [0.15, 0.2) is 59.5 Å². The molecular formula is C17H14F2N4O2S. The van der Waals surface area contributed by atoms with Crippen LogP contribution in [0.5, 0.6) is 0 Å². The van der Waals surface area contributed by atoms with Crippen LogP contribution in [0, 0.1) is 18.6 Å². The molecule has 0 bridgehead atoms. The Kier molecular flexibility index (Phi) is 4.81. The van der Waals surface area contributed by atoms with E-state index in [1.807, 2.05) is 0 Å². The van der Waals surface area contributed by atoms with E-state index >= 15 is 0 Å². The Morgan fingerprint density at radius 1 is 0.923 bits per heavy atom. The summed E-state index contributed by atoms with van der Waals surface area (Å²) in [4.78, 5) is 0.106. The van der Waals surface area contributed by atoms with E-state index in [0.717, 1.165) is 17.7 Å². The van der Waals surface area contributed by atoms with Crippen molar-refractivity contribution in [2.75, 3.05) is 10.0 Å². The number of nitrogens with one attached hydrogen (secondary N) is 2. The van der Waals surface area contributed by atoms with Crippen LogP contribution in [-0.4, -0.2) is 18.6 Å². The fourth-order valence-corrected chi connectivity index (χ4v) is 3.26. The SMILES string of the molecule is Cc1cccc(S(=O)(=O)Nc2ccc(Nc3ccc(F)cc3F)nn2)c1. The van der Waals surface area contributed by atoms with Crippen molar-refractivity contribution in [3.05, 3.63) is 71.8 Å². The summed E-state index contributed by atoms with van der Waals surface area (Å²) in [5.74, 6) is -1.29. The van der Waals surface area contributed by atoms with E-state index in [4.69, 9.17) is 0 Å². The molecule has 0 fully saturated rings. The Morgan fingerprint density at radius 2 is 1.65 bits per heavy atom. The van der Waals surface area contributed by atoms with Gasteiger partial charge in [0, 0.05) is 6.07 Å². The zero-order chi connectivity index (χ0) is 18.7. The van der Waals surface area contributed by atoms with Crippen molar-refractivity contribution < 1.29 is 17.2 Å². The molecule has 0 aliphatic heterocycles. The number of halogens is 2. The fourth-order valence-electron chi connectivity index (χ4n) is 2.16. The molecule has 0 spiro atoms. The van der Waals surface area contributed by atoms with E-state index in [9.17, 15) is 17.2 Å². The number of anilines is 3. The number of aryl methyl sites for hydroxylation is 1. The summed E-state index contributed by atoms with van der Waals surface area (Å²) >= 11 is 0. The van der Waals surface area contributed by atoms with Gasteiger partial charge in [0.15, 0.2) is 11.6 Å². The molecule has 2 aromatic carbocycles. The van der Waals surface area contributed by atoms with Crippen molar-refractivity contribution in [1.82, 2.24) is 10.2 Å². The summed E-state index contributed by atoms with van der Waals surface area (Å²) in [6.45, 7) is 1.79. The molecule has 134 valence electrons. The molecule has 1 heterocycles. The third-order valence-corrected chi connectivity index (χ3v) is 4.75. The van der Waals surface area contributed by atoms with Gasteiger partial charge in [0.25, 0.3) is 10.0 Å². The maximum Gasteiger partial charge on any atom is 0.263 e. The molecule has 1 aromatic heterocycles. The molecule has 0 aliphatic rings. The predicted molar refractivity (Wildman–Crippen MR) is 93.7 cm³/mol. The van der Waals surface area contributed by atoms with Gasteiger partial charge in [0.2, 0.25) is 0 Å². The van der Waals surface area contributed by atoms with Gasteiger partial charge in [-0.25, -0.2) is 17.2 Å². The standard InChI is InChI=1S/C17H14F2N4O2S/c1-11-3-2-4-13(9-11)26(24,25)23-17-8-7-16(21-22-17)20-15-6-5-12(18)10-14(15)19/h2-10H,1H3,(H,20,21)(H,22,23). The van der Waals surface area contributed by atoms with Crippen LogP contribution in [0.2, 0.25) is 0 Å². The van der Waals surface area contributed by atoms with Gasteiger partial charge in [0.05, 0.1) is 10.6 Å². The number of rotatable bonds is 5. The quantitative estimate of drug-likeness (QED) is 0.711. The molecule has 0 unspecified atom stereocenters. The van der Waals surface area contributed by atoms with Crippen molar-refractivity contribution in [3.8, 4) is 0 Å². The molecule has 3 rings (SSSR count). The van der Waals surface area contributed by atoms with Crippen LogP contribution in [0.4, 0.5) is 26.1 Å². The lowest BCUT2D eigenvalue weighted by molar-refractivity contribution is 0.586. The summed E-state index contributed by atoms with van der Waals surface area (Å²) in [5, 5.41) is 10.2. The second-order valence-electron chi connectivity index (χ2n) is 5.47. The lowest BCUT2D eigenvalue weighted by Crippen LogP contribution is -2.14. The topological polar surface area (TPSA) is 84.0 Å². The number of nitrogens with zero attached hydrogens (tertiary/aromatic N) is 2. The lowest BCUT2D eigenvalue weighted by Gasteiger charge is -2.09. The van der Waals surface area contributed by atoms with Crippen LogP contribution in [0.3, 0.4) is 0 Å². The molecule has 3 aromatic rings. The number of benzene rings is 2. The van der Waals surface area contributed by atoms with E-state index in [2.05, 4.69) is 20.2 Å². The van der Waals surface area contributed by atoms with E-state index in [1.165, 1.54) is 30.3 Å². The molecule has 6 nitrogen and oxygen atoms in total. The first kappa shape index (κ1) is 17.7. The van der Waals surface area contributed by atoms with E-state index in [0.29, 0.717) is 0 Å². The van der Waals surface area contributed by atoms with E-state index in [1.54, 1.807) is 19.1 Å². The van der Waals surface area contributed by atoms with Gasteiger partial charge in [-0.1, -0.05) is 12.1 Å². The van der Waals surface area contributed by atoms with Crippen LogP contribution < -0.4 is 10.0 Å². The van der Waals surface area contributed by atoms with Gasteiger partial charge < -0.3 is 5.32 Å². The summed E-state index contributed by atoms with van der Waals surface area (Å²) in [6.07, 6.45) is 0. The Bertz CT molecular complexity index is 1040. The highest BCUT2D eigenvalue weighted by atomic mass is 32.2. The zero-order valence-corrected chi connectivity index (χ0v) is 14.4. The van der Waals surface area contributed by atoms with Crippen molar-refractivity contribution in [3.63, 3.8) is 0 Å². The highest BCUT2D eigenvalue weighted by Crippen LogP contribution is 2.20. The first-order valence-corrected chi connectivity index (χ1v) is 8.97. The van der Waals surface area contributed by atoms with Gasteiger partial charge in [-0.2, -0.15) is 0 Å². The minimum absolute atomic E-state index is 0.0108. The molecule has 9 heteroatoms. The molecule has 2 N–H and O–H groups in total. The lowest BCUT2D eigenvalue weighted by atomic mass is 10.2. The third-order valence-electron chi connectivity index (χ3n) is 3.40. The summed E-state index contributed by atoms with van der Waals surface area (Å²) in [7, 11) is -3.79. The Balaban J connectivity index is 1.75. The first-order chi connectivity index (χ1) is 12.3. The minimum atomic E-state index is -3.79. The molecule has 0 saturated carbocycles. The van der Waals surface area contributed by atoms with Crippen molar-refractivity contribution in [2.24, 2.45) is 0 Å². The Morgan fingerprint density at radius 3 is 2.31 bits per heavy atom. The number of hydrogen-bond acceptors (Lipinski definition) is 5. The highest BCUT2D eigenvalue weighted by molar-refractivity contribution is 7.92. The Labute approximate surface area is 149 Å². The maximum absolute atomic E-state index is 13.6. The number of hydrogen-bond donors (Lipinski definition) is 2. The molecule has 0 amide bonds. The van der Waals surface area contributed by atoms with Crippen LogP contribution in [0.1, 0.15) is 5.56 Å². The molecule has 0 saturated heterocycles. The largest absolute Gasteiger partial charge is 0.336 e. The van der Waals surface area contributed by atoms with Gasteiger partial charge in [0.1, 0.15) is 11.6 Å². The molecule has 0 aliphatic carbocycles. The average molecular weight is 376 g/mol. The van der Waals surface area contributed by atoms with Gasteiger partial charge in [-0.05, 0) is 48.9 Å². The molecule has 0 atom stereocenters. The van der Waals surface area contributed by atoms with Gasteiger partial charge >= 0.3 is 0 Å². The number of aromatic nitrogens is 2. The van der Waals surface area contributed by atoms with Crippen LogP contribution >= 0.6 is 0 Å². The maximum atomic E-state index is 13.6. The second kappa shape index (κ2) is 7.04. The van der Waals surface area contributed by atoms with Crippen molar-refractivity contribution in [2.45, 2.75) is 11.8 Å². The normalized spacial score (nSPS) is 11.2. The van der Waals surface area contributed by atoms with E-state index < -0.39 is 21.7 Å². The monoisotopic (exact) mass is 376 g/mol. The smallest absolute Gasteiger partial charge is 0.263 e. The summed E-state index contributed by atoms with van der Waals surface area (Å²) < 4.78 is 53.5. The fraction of sp³-hybridized carbons (Fsp3) is 0.0588. The average Bonchev–Trinajstić information content (AvgIpc) is 2.59. The van der Waals surface area contributed by atoms with Gasteiger partial charge in [-0.3, -0.25) is 4.72 Å². The van der Waals surface area contributed by atoms with Crippen molar-refractivity contribution >= 4 is 27.3 Å². The number of sulfonamides is 1. The molecule has 0 radical (unpaired) electrons. The highest BCUT2D eigenvalue weighted by Gasteiger charge is 2.15. The van der Waals surface area contributed by atoms with Gasteiger partial charge in [-0.15, -0.1) is 10.2 Å². The molecular weight excluding hydrogens is 362 g/mol. The third kappa shape index (κ3) is 4.12. The minimum Gasteiger partial charge on any atom is -0.336 e. The van der Waals surface area contributed by atoms with Crippen LogP contribution in [-0.2, 0) is 10.0 Å². The summed E-state index contributed by atoms with van der Waals surface area (Å²) in [5.41, 5.74) is 0.827. The van der Waals surface area contributed by atoms with Crippen LogP contribution in [0.25, 0.3) is 0 Å². The second-order valence-corrected chi connectivity index (χ2v) is 7.16. The zero-order valence-electron chi connectivity index (χ0n) is 13.6. The molecule has 26 heavy (non-hydrogen) atoms. The first-order valence-electron chi connectivity index (χ1n) is 7.49. The van der Waals surface area contributed by atoms with E-state index in [-0.39, 0.29) is 22.2 Å². The predicted octanol–water partition coefficient (Wildman–Crippen LogP) is 3.61.